The molecule has 18 heavy (non-hydrogen) atoms. The number of anilines is 1. The van der Waals surface area contributed by atoms with Crippen molar-refractivity contribution in [3.05, 3.63) is 28.3 Å². The summed E-state index contributed by atoms with van der Waals surface area (Å²) in [5.41, 5.74) is 2.69. The molecule has 0 saturated heterocycles. The number of hydrogen-bond acceptors (Lipinski definition) is 3. The molecule has 0 unspecified atom stereocenters. The van der Waals surface area contributed by atoms with E-state index in [-0.39, 0.29) is 5.91 Å². The van der Waals surface area contributed by atoms with Gasteiger partial charge in [-0.25, -0.2) is 0 Å². The zero-order valence-corrected chi connectivity index (χ0v) is 11.4. The predicted octanol–water partition coefficient (Wildman–Crippen LogP) is 1.68. The number of aromatic nitrogens is 4. The molecule has 0 bridgehead atoms. The van der Waals surface area contributed by atoms with Crippen LogP contribution >= 0.6 is 11.6 Å². The van der Waals surface area contributed by atoms with Gasteiger partial charge < -0.3 is 5.32 Å². The minimum absolute atomic E-state index is 0.292. The fourth-order valence-electron chi connectivity index (χ4n) is 1.79. The summed E-state index contributed by atoms with van der Waals surface area (Å²) in [7, 11) is 3.50. The number of amides is 1. The molecule has 2 rings (SSSR count). The number of carbonyl (C=O) groups excluding carboxylic acids is 1. The number of carbonyl (C=O) groups is 1. The molecule has 0 saturated carbocycles. The van der Waals surface area contributed by atoms with Crippen molar-refractivity contribution in [1.82, 2.24) is 19.6 Å². The summed E-state index contributed by atoms with van der Waals surface area (Å²) in [6, 6.07) is 0. The normalized spacial score (nSPS) is 10.7. The molecule has 7 heteroatoms. The SMILES string of the molecule is Cc1nn(C)c(C)c1NC(=O)c1c(Cl)cnn1C. The maximum atomic E-state index is 12.1. The standard InChI is InChI=1S/C11H14ClN5O/c1-6-9(7(2)16(3)15-6)14-11(18)10-8(12)5-13-17(10)4/h5H,1-4H3,(H,14,18). The highest BCUT2D eigenvalue weighted by Gasteiger charge is 2.19. The van der Waals surface area contributed by atoms with Gasteiger partial charge in [-0.2, -0.15) is 10.2 Å². The quantitative estimate of drug-likeness (QED) is 0.900. The second-order valence-corrected chi connectivity index (χ2v) is 4.50. The number of rotatable bonds is 2. The van der Waals surface area contributed by atoms with Crippen molar-refractivity contribution in [3.63, 3.8) is 0 Å². The highest BCUT2D eigenvalue weighted by atomic mass is 35.5. The molecule has 0 aliphatic rings. The van der Waals surface area contributed by atoms with Gasteiger partial charge >= 0.3 is 0 Å². The van der Waals surface area contributed by atoms with E-state index < -0.39 is 0 Å². The summed E-state index contributed by atoms with van der Waals surface area (Å²) < 4.78 is 3.16. The van der Waals surface area contributed by atoms with Crippen LogP contribution in [0.4, 0.5) is 5.69 Å². The van der Waals surface area contributed by atoms with Gasteiger partial charge in [0.15, 0.2) is 0 Å². The Morgan fingerprint density at radius 2 is 2.00 bits per heavy atom. The van der Waals surface area contributed by atoms with E-state index in [4.69, 9.17) is 11.6 Å². The van der Waals surface area contributed by atoms with Crippen molar-refractivity contribution in [2.24, 2.45) is 14.1 Å². The molecule has 6 nitrogen and oxygen atoms in total. The molecule has 1 N–H and O–H groups in total. The molecule has 2 aromatic heterocycles. The highest BCUT2D eigenvalue weighted by molar-refractivity contribution is 6.34. The van der Waals surface area contributed by atoms with E-state index in [1.54, 1.807) is 11.7 Å². The number of nitrogens with one attached hydrogen (secondary N) is 1. The molecule has 0 aromatic carbocycles. The van der Waals surface area contributed by atoms with Crippen molar-refractivity contribution in [3.8, 4) is 0 Å². The summed E-state index contributed by atoms with van der Waals surface area (Å²) in [4.78, 5) is 12.1. The smallest absolute Gasteiger partial charge is 0.275 e. The van der Waals surface area contributed by atoms with Crippen LogP contribution in [-0.4, -0.2) is 25.5 Å². The van der Waals surface area contributed by atoms with Crippen LogP contribution in [0.5, 0.6) is 0 Å². The van der Waals surface area contributed by atoms with Crippen molar-refractivity contribution < 1.29 is 4.79 Å². The van der Waals surface area contributed by atoms with Crippen molar-refractivity contribution in [2.75, 3.05) is 5.32 Å². The summed E-state index contributed by atoms with van der Waals surface area (Å²) in [6.07, 6.45) is 1.44. The Morgan fingerprint density at radius 1 is 1.33 bits per heavy atom. The molecule has 2 heterocycles. The number of halogens is 1. The van der Waals surface area contributed by atoms with E-state index in [0.29, 0.717) is 16.4 Å². The van der Waals surface area contributed by atoms with E-state index in [9.17, 15) is 4.79 Å². The van der Waals surface area contributed by atoms with Crippen LogP contribution in [0, 0.1) is 13.8 Å². The molecule has 96 valence electrons. The molecule has 0 radical (unpaired) electrons. The van der Waals surface area contributed by atoms with Crippen molar-refractivity contribution >= 4 is 23.2 Å². The lowest BCUT2D eigenvalue weighted by molar-refractivity contribution is 0.101. The Hall–Kier alpha value is -1.82. The van der Waals surface area contributed by atoms with E-state index in [2.05, 4.69) is 15.5 Å². The summed E-state index contributed by atoms with van der Waals surface area (Å²) in [5.74, 6) is -0.292. The summed E-state index contributed by atoms with van der Waals surface area (Å²) in [6.45, 7) is 3.73. The van der Waals surface area contributed by atoms with Gasteiger partial charge in [0.05, 0.1) is 28.3 Å². The van der Waals surface area contributed by atoms with Crippen LogP contribution in [0.1, 0.15) is 21.9 Å². The Kier molecular flexibility index (Phi) is 3.13. The molecule has 1 amide bonds. The first-order chi connectivity index (χ1) is 8.41. The lowest BCUT2D eigenvalue weighted by Crippen LogP contribution is -2.17. The van der Waals surface area contributed by atoms with Gasteiger partial charge in [-0.15, -0.1) is 0 Å². The summed E-state index contributed by atoms with van der Waals surface area (Å²) in [5, 5.41) is 11.3. The minimum atomic E-state index is -0.292. The zero-order chi connectivity index (χ0) is 13.4. The first-order valence-corrected chi connectivity index (χ1v) is 5.78. The third-order valence-corrected chi connectivity index (χ3v) is 3.13. The Bertz CT molecular complexity index is 594. The van der Waals surface area contributed by atoms with E-state index in [1.807, 2.05) is 20.9 Å². The van der Waals surface area contributed by atoms with Crippen LogP contribution in [0.15, 0.2) is 6.20 Å². The van der Waals surface area contributed by atoms with Crippen LogP contribution in [0.25, 0.3) is 0 Å². The predicted molar refractivity (Wildman–Crippen MR) is 68.9 cm³/mol. The van der Waals surface area contributed by atoms with Gasteiger partial charge in [0.2, 0.25) is 0 Å². The Labute approximate surface area is 110 Å². The third kappa shape index (κ3) is 1.99. The molecule has 0 spiro atoms. The Morgan fingerprint density at radius 3 is 2.44 bits per heavy atom. The van der Waals surface area contributed by atoms with E-state index in [1.165, 1.54) is 10.9 Å². The second kappa shape index (κ2) is 4.45. The minimum Gasteiger partial charge on any atom is -0.317 e. The second-order valence-electron chi connectivity index (χ2n) is 4.09. The van der Waals surface area contributed by atoms with Crippen molar-refractivity contribution in [1.29, 1.82) is 0 Å². The fourth-order valence-corrected chi connectivity index (χ4v) is 2.05. The van der Waals surface area contributed by atoms with Crippen LogP contribution in [-0.2, 0) is 14.1 Å². The van der Waals surface area contributed by atoms with E-state index in [0.717, 1.165) is 11.4 Å². The van der Waals surface area contributed by atoms with E-state index >= 15 is 0 Å². The zero-order valence-electron chi connectivity index (χ0n) is 10.7. The van der Waals surface area contributed by atoms with Crippen LogP contribution < -0.4 is 5.32 Å². The molecule has 0 atom stereocenters. The van der Waals surface area contributed by atoms with Gasteiger partial charge in [-0.1, -0.05) is 11.6 Å². The maximum Gasteiger partial charge on any atom is 0.275 e. The van der Waals surface area contributed by atoms with Gasteiger partial charge in [-0.3, -0.25) is 14.2 Å². The molecule has 0 aliphatic heterocycles. The lowest BCUT2D eigenvalue weighted by Gasteiger charge is -2.06. The average molecular weight is 268 g/mol. The molecule has 0 fully saturated rings. The van der Waals surface area contributed by atoms with Gasteiger partial charge in [-0.05, 0) is 13.8 Å². The number of hydrogen-bond donors (Lipinski definition) is 1. The largest absolute Gasteiger partial charge is 0.317 e. The monoisotopic (exact) mass is 267 g/mol. The van der Waals surface area contributed by atoms with Gasteiger partial charge in [0.1, 0.15) is 5.69 Å². The maximum absolute atomic E-state index is 12.1. The molecule has 2 aromatic rings. The average Bonchev–Trinajstić information content (AvgIpc) is 2.74. The van der Waals surface area contributed by atoms with Crippen LogP contribution in [0.3, 0.4) is 0 Å². The Balaban J connectivity index is 2.33. The topological polar surface area (TPSA) is 64.7 Å². The summed E-state index contributed by atoms with van der Waals surface area (Å²) >= 11 is 5.93. The van der Waals surface area contributed by atoms with Gasteiger partial charge in [0, 0.05) is 14.1 Å². The number of nitrogens with zero attached hydrogens (tertiary/aromatic N) is 4. The van der Waals surface area contributed by atoms with Crippen molar-refractivity contribution in [2.45, 2.75) is 13.8 Å². The van der Waals surface area contributed by atoms with Crippen LogP contribution in [0.2, 0.25) is 5.02 Å². The molecule has 0 aliphatic carbocycles. The first-order valence-electron chi connectivity index (χ1n) is 5.41. The molecular weight excluding hydrogens is 254 g/mol. The lowest BCUT2D eigenvalue weighted by atomic mass is 10.3. The first kappa shape index (κ1) is 12.6. The number of aryl methyl sites for hydroxylation is 3. The molecular formula is C11H14ClN5O. The highest BCUT2D eigenvalue weighted by Crippen LogP contribution is 2.21. The third-order valence-electron chi connectivity index (χ3n) is 2.86. The van der Waals surface area contributed by atoms with Gasteiger partial charge in [0.25, 0.3) is 5.91 Å². The fraction of sp³-hybridized carbons (Fsp3) is 0.364.